The van der Waals surface area contributed by atoms with Crippen molar-refractivity contribution in [1.29, 1.82) is 0 Å². The molecule has 5 nitrogen and oxygen atoms in total. The fourth-order valence-corrected chi connectivity index (χ4v) is 2.05. The van der Waals surface area contributed by atoms with Crippen molar-refractivity contribution in [3.05, 3.63) is 65.2 Å². The molecule has 1 amide bonds. The number of primary amides is 1. The van der Waals surface area contributed by atoms with Crippen LogP contribution in [0.25, 0.3) is 11.0 Å². The van der Waals surface area contributed by atoms with Crippen molar-refractivity contribution >= 4 is 22.6 Å². The maximum atomic E-state index is 13.7. The Kier molecular flexibility index (Phi) is 3.53. The van der Waals surface area contributed by atoms with Crippen LogP contribution in [0, 0.1) is 11.6 Å². The van der Waals surface area contributed by atoms with Gasteiger partial charge in [0.1, 0.15) is 28.4 Å². The second-order valence-corrected chi connectivity index (χ2v) is 4.76. The van der Waals surface area contributed by atoms with Gasteiger partial charge in [0.05, 0.1) is 0 Å². The van der Waals surface area contributed by atoms with E-state index in [9.17, 15) is 18.7 Å². The standard InChI is InChI=1S/C16H10F2N2O3/c17-9-2-4-13(12(18)6-9)20-16-11(15(19)22)5-8-1-3-10(21)7-14(8)23-16/h1-7,21H,(H2,19,22). The Bertz CT molecular complexity index is 996. The number of benzene rings is 2. The van der Waals surface area contributed by atoms with Crippen LogP contribution >= 0.6 is 0 Å². The van der Waals surface area contributed by atoms with E-state index in [0.717, 1.165) is 12.1 Å². The van der Waals surface area contributed by atoms with Crippen molar-refractivity contribution in [3.63, 3.8) is 0 Å². The molecule has 0 aliphatic carbocycles. The zero-order valence-electron chi connectivity index (χ0n) is 11.6. The third-order valence-corrected chi connectivity index (χ3v) is 3.13. The zero-order chi connectivity index (χ0) is 16.6. The molecule has 2 aromatic carbocycles. The van der Waals surface area contributed by atoms with Crippen molar-refractivity contribution < 1.29 is 23.1 Å². The maximum Gasteiger partial charge on any atom is 0.254 e. The number of hydrogen-bond donors (Lipinski definition) is 2. The van der Waals surface area contributed by atoms with Crippen LogP contribution in [0.5, 0.6) is 5.75 Å². The van der Waals surface area contributed by atoms with Crippen molar-refractivity contribution in [2.75, 3.05) is 0 Å². The zero-order valence-corrected chi connectivity index (χ0v) is 11.6. The van der Waals surface area contributed by atoms with Crippen LogP contribution in [0.15, 0.2) is 51.9 Å². The molecule has 0 atom stereocenters. The van der Waals surface area contributed by atoms with E-state index in [1.807, 2.05) is 0 Å². The monoisotopic (exact) mass is 316 g/mol. The molecular formula is C16H10F2N2O3. The number of phenols is 1. The normalized spacial score (nSPS) is 11.8. The van der Waals surface area contributed by atoms with Gasteiger partial charge in [0, 0.05) is 17.5 Å². The molecule has 7 heteroatoms. The number of rotatable bonds is 2. The van der Waals surface area contributed by atoms with Gasteiger partial charge >= 0.3 is 0 Å². The lowest BCUT2D eigenvalue weighted by Crippen LogP contribution is -2.21. The summed E-state index contributed by atoms with van der Waals surface area (Å²) in [6, 6.07) is 8.48. The molecule has 0 fully saturated rings. The smallest absolute Gasteiger partial charge is 0.254 e. The van der Waals surface area contributed by atoms with Crippen molar-refractivity contribution in [3.8, 4) is 5.75 Å². The summed E-state index contributed by atoms with van der Waals surface area (Å²) in [7, 11) is 0. The second-order valence-electron chi connectivity index (χ2n) is 4.76. The highest BCUT2D eigenvalue weighted by Crippen LogP contribution is 2.21. The Morgan fingerprint density at radius 2 is 1.91 bits per heavy atom. The van der Waals surface area contributed by atoms with E-state index in [1.54, 1.807) is 0 Å². The first-order valence-electron chi connectivity index (χ1n) is 6.50. The number of aromatic hydroxyl groups is 1. The highest BCUT2D eigenvalue weighted by Gasteiger charge is 2.11. The number of nitrogens with zero attached hydrogens (tertiary/aromatic N) is 1. The molecule has 23 heavy (non-hydrogen) atoms. The van der Waals surface area contributed by atoms with Crippen molar-refractivity contribution in [1.82, 2.24) is 0 Å². The molecule has 1 heterocycles. The number of carbonyl (C=O) groups excluding carboxylic acids is 1. The molecule has 0 saturated carbocycles. The number of halogens is 2. The average molecular weight is 316 g/mol. The highest BCUT2D eigenvalue weighted by molar-refractivity contribution is 5.95. The fraction of sp³-hybridized carbons (Fsp3) is 0. The summed E-state index contributed by atoms with van der Waals surface area (Å²) < 4.78 is 32.1. The Labute approximate surface area is 128 Å². The fourth-order valence-electron chi connectivity index (χ4n) is 2.05. The molecular weight excluding hydrogens is 306 g/mol. The molecule has 3 aromatic rings. The van der Waals surface area contributed by atoms with Gasteiger partial charge in [0.2, 0.25) is 5.55 Å². The molecule has 0 aliphatic rings. The van der Waals surface area contributed by atoms with Gasteiger partial charge in [0.25, 0.3) is 5.91 Å². The number of amides is 1. The Balaban J connectivity index is 2.31. The summed E-state index contributed by atoms with van der Waals surface area (Å²) in [5.74, 6) is -2.53. The second kappa shape index (κ2) is 5.53. The third kappa shape index (κ3) is 2.89. The third-order valence-electron chi connectivity index (χ3n) is 3.13. The Morgan fingerprint density at radius 1 is 1.13 bits per heavy atom. The van der Waals surface area contributed by atoms with Gasteiger partial charge in [-0.05, 0) is 30.3 Å². The molecule has 0 unspecified atom stereocenters. The predicted molar refractivity (Wildman–Crippen MR) is 78.0 cm³/mol. The van der Waals surface area contributed by atoms with Gasteiger partial charge in [-0.3, -0.25) is 4.79 Å². The van der Waals surface area contributed by atoms with E-state index in [-0.39, 0.29) is 28.1 Å². The molecule has 0 saturated heterocycles. The summed E-state index contributed by atoms with van der Waals surface area (Å²) in [6.45, 7) is 0. The molecule has 0 radical (unpaired) electrons. The minimum atomic E-state index is -0.911. The van der Waals surface area contributed by atoms with Crippen LogP contribution in [-0.2, 0) is 0 Å². The largest absolute Gasteiger partial charge is 0.508 e. The summed E-state index contributed by atoms with van der Waals surface area (Å²) >= 11 is 0. The quantitative estimate of drug-likeness (QED) is 0.762. The molecule has 116 valence electrons. The number of carbonyl (C=O) groups is 1. The molecule has 0 spiro atoms. The van der Waals surface area contributed by atoms with Crippen LogP contribution in [0.2, 0.25) is 0 Å². The lowest BCUT2D eigenvalue weighted by atomic mass is 10.1. The van der Waals surface area contributed by atoms with E-state index in [0.29, 0.717) is 11.5 Å². The van der Waals surface area contributed by atoms with Gasteiger partial charge in [-0.2, -0.15) is 0 Å². The Morgan fingerprint density at radius 3 is 2.61 bits per heavy atom. The number of fused-ring (bicyclic) bond motifs is 1. The topological polar surface area (TPSA) is 88.8 Å². The summed E-state index contributed by atoms with van der Waals surface area (Å²) in [6.07, 6.45) is 0. The van der Waals surface area contributed by atoms with Crippen LogP contribution in [0.1, 0.15) is 10.4 Å². The van der Waals surface area contributed by atoms with Gasteiger partial charge in [-0.25, -0.2) is 13.8 Å². The summed E-state index contributed by atoms with van der Waals surface area (Å²) in [5, 5.41) is 9.99. The Hall–Kier alpha value is -3.22. The first kappa shape index (κ1) is 14.7. The van der Waals surface area contributed by atoms with E-state index in [4.69, 9.17) is 10.2 Å². The SMILES string of the molecule is NC(=O)c1cc2ccc(O)cc2oc1=Nc1ccc(F)cc1F. The minimum absolute atomic E-state index is 0.0491. The number of nitrogens with two attached hydrogens (primary N) is 1. The number of hydrogen-bond acceptors (Lipinski definition) is 4. The van der Waals surface area contributed by atoms with Crippen LogP contribution < -0.4 is 11.3 Å². The van der Waals surface area contributed by atoms with Crippen molar-refractivity contribution in [2.24, 2.45) is 10.7 Å². The summed E-state index contributed by atoms with van der Waals surface area (Å²) in [5.41, 5.74) is 5.01. The molecule has 3 rings (SSSR count). The van der Waals surface area contributed by atoms with Crippen molar-refractivity contribution in [2.45, 2.75) is 0 Å². The predicted octanol–water partition coefficient (Wildman–Crippen LogP) is 2.75. The van der Waals surface area contributed by atoms with E-state index < -0.39 is 17.5 Å². The lowest BCUT2D eigenvalue weighted by Gasteiger charge is -2.03. The summed E-state index contributed by atoms with van der Waals surface area (Å²) in [4.78, 5) is 15.5. The molecule has 0 aliphatic heterocycles. The molecule has 1 aromatic heterocycles. The molecule has 3 N–H and O–H groups in total. The first-order valence-corrected chi connectivity index (χ1v) is 6.50. The van der Waals surface area contributed by atoms with Gasteiger partial charge < -0.3 is 15.3 Å². The molecule has 0 bridgehead atoms. The van der Waals surface area contributed by atoms with Gasteiger partial charge in [-0.15, -0.1) is 0 Å². The maximum absolute atomic E-state index is 13.7. The minimum Gasteiger partial charge on any atom is -0.508 e. The van der Waals surface area contributed by atoms with Crippen LogP contribution in [0.4, 0.5) is 14.5 Å². The number of phenolic OH excluding ortho intramolecular Hbond substituents is 1. The highest BCUT2D eigenvalue weighted by atomic mass is 19.1. The van der Waals surface area contributed by atoms with Crippen LogP contribution in [-0.4, -0.2) is 11.0 Å². The van der Waals surface area contributed by atoms with E-state index in [1.165, 1.54) is 24.3 Å². The van der Waals surface area contributed by atoms with E-state index in [2.05, 4.69) is 4.99 Å². The van der Waals surface area contributed by atoms with Crippen LogP contribution in [0.3, 0.4) is 0 Å². The lowest BCUT2D eigenvalue weighted by molar-refractivity contribution is 0.0996. The first-order chi connectivity index (χ1) is 10.9. The van der Waals surface area contributed by atoms with E-state index >= 15 is 0 Å². The van der Waals surface area contributed by atoms with Gasteiger partial charge in [0.15, 0.2) is 5.82 Å². The average Bonchev–Trinajstić information content (AvgIpc) is 2.49. The van der Waals surface area contributed by atoms with Gasteiger partial charge in [-0.1, -0.05) is 0 Å².